The topological polar surface area (TPSA) is 119 Å². The molecule has 2 aliphatic heterocycles. The van der Waals surface area contributed by atoms with Gasteiger partial charge in [0.1, 0.15) is 11.1 Å². The van der Waals surface area contributed by atoms with Crippen LogP contribution in [0.2, 0.25) is 5.02 Å². The highest BCUT2D eigenvalue weighted by Gasteiger charge is 2.34. The number of amidine groups is 1. The monoisotopic (exact) mass is 606 g/mol. The van der Waals surface area contributed by atoms with E-state index < -0.39 is 16.9 Å². The van der Waals surface area contributed by atoms with Crippen LogP contribution in [0.5, 0.6) is 0 Å². The van der Waals surface area contributed by atoms with Gasteiger partial charge in [0.05, 0.1) is 42.3 Å². The second-order valence-corrected chi connectivity index (χ2v) is 10.9. The van der Waals surface area contributed by atoms with Gasteiger partial charge in [0.15, 0.2) is 11.6 Å². The molecule has 1 unspecified atom stereocenters. The molecule has 0 amide bonds. The number of nitrogens with zero attached hydrogens (tertiary/aromatic N) is 3. The Morgan fingerprint density at radius 2 is 1.91 bits per heavy atom. The molecule has 3 aromatic rings. The van der Waals surface area contributed by atoms with Gasteiger partial charge in [-0.2, -0.15) is 0 Å². The van der Waals surface area contributed by atoms with Gasteiger partial charge >= 0.3 is 5.97 Å². The van der Waals surface area contributed by atoms with Gasteiger partial charge < -0.3 is 24.1 Å². The zero-order valence-corrected chi connectivity index (χ0v) is 24.6. The second kappa shape index (κ2) is 15.0. The first-order valence-electron chi connectivity index (χ1n) is 14.6. The molecule has 1 aromatic heterocycles. The van der Waals surface area contributed by atoms with Gasteiger partial charge in [-0.05, 0) is 68.1 Å². The first-order valence-corrected chi connectivity index (χ1v) is 14.9. The number of aliphatic imine (C=N–C) groups is 1. The summed E-state index contributed by atoms with van der Waals surface area (Å²) in [6.07, 6.45) is 6.54. The van der Waals surface area contributed by atoms with Crippen LogP contribution in [0.4, 0.5) is 5.69 Å². The Bertz CT molecular complexity index is 1450. The third-order valence-electron chi connectivity index (χ3n) is 7.52. The number of ether oxygens (including phenoxy) is 2. The second-order valence-electron chi connectivity index (χ2n) is 10.5. The highest BCUT2D eigenvalue weighted by molar-refractivity contribution is 6.32. The van der Waals surface area contributed by atoms with E-state index in [1.165, 1.54) is 37.7 Å². The Morgan fingerprint density at radius 3 is 2.65 bits per heavy atom. The molecule has 2 aliphatic rings. The van der Waals surface area contributed by atoms with Crippen molar-refractivity contribution in [1.29, 1.82) is 0 Å². The van der Waals surface area contributed by atoms with Crippen LogP contribution in [0.25, 0.3) is 0 Å². The minimum absolute atomic E-state index is 0.00629. The first-order chi connectivity index (χ1) is 21.0. The number of benzene rings is 2. The van der Waals surface area contributed by atoms with E-state index in [9.17, 15) is 14.9 Å². The van der Waals surface area contributed by atoms with Crippen LogP contribution in [0, 0.1) is 10.1 Å². The standard InChI is InChI=1S/C32H35ClN4O6/c33-25-14-13-24(21-27(25)37(39)40)30-29(32(38)43-19-7-11-23-9-3-1-4-10-23)26(34-31(35-30)28-12-8-18-42-28)22-41-20-17-36-15-5-2-6-16-36/h1,3-4,8-10,12-14,18,21,30H,2,5-7,11,15-17,19-20,22H2,(H,34,35). The molecule has 11 heteroatoms. The average Bonchev–Trinajstić information content (AvgIpc) is 3.57. The largest absolute Gasteiger partial charge is 0.462 e. The smallest absolute Gasteiger partial charge is 0.338 e. The van der Waals surface area contributed by atoms with Crippen LogP contribution in [-0.4, -0.2) is 61.1 Å². The van der Waals surface area contributed by atoms with Crippen molar-refractivity contribution in [2.24, 2.45) is 4.99 Å². The van der Waals surface area contributed by atoms with Crippen LogP contribution >= 0.6 is 11.6 Å². The molecule has 1 atom stereocenters. The molecule has 0 saturated carbocycles. The molecule has 0 spiro atoms. The van der Waals surface area contributed by atoms with Crippen molar-refractivity contribution in [2.75, 3.05) is 39.5 Å². The summed E-state index contributed by atoms with van der Waals surface area (Å²) in [6, 6.07) is 16.9. The van der Waals surface area contributed by atoms with E-state index in [1.54, 1.807) is 18.2 Å². The van der Waals surface area contributed by atoms with Gasteiger partial charge in [0, 0.05) is 12.6 Å². The summed E-state index contributed by atoms with van der Waals surface area (Å²) in [4.78, 5) is 32.0. The van der Waals surface area contributed by atoms with Gasteiger partial charge in [0.25, 0.3) is 5.69 Å². The molecule has 3 heterocycles. The Kier molecular flexibility index (Phi) is 10.6. The van der Waals surface area contributed by atoms with Crippen LogP contribution in [0.3, 0.4) is 0 Å². The number of piperidine rings is 1. The van der Waals surface area contributed by atoms with Crippen molar-refractivity contribution in [3.8, 4) is 0 Å². The number of aryl methyl sites for hydroxylation is 1. The number of carbonyl (C=O) groups is 1. The molecular weight excluding hydrogens is 572 g/mol. The molecule has 5 rings (SSSR count). The predicted octanol–water partition coefficient (Wildman–Crippen LogP) is 5.86. The molecule has 1 saturated heterocycles. The highest BCUT2D eigenvalue weighted by Crippen LogP contribution is 2.36. The minimum Gasteiger partial charge on any atom is -0.462 e. The maximum atomic E-state index is 13.7. The number of nitro benzene ring substituents is 1. The average molecular weight is 607 g/mol. The zero-order valence-electron chi connectivity index (χ0n) is 23.9. The summed E-state index contributed by atoms with van der Waals surface area (Å²) in [5.41, 5.74) is 1.99. The van der Waals surface area contributed by atoms with Crippen molar-refractivity contribution < 1.29 is 23.6 Å². The Labute approximate surface area is 255 Å². The molecule has 226 valence electrons. The fourth-order valence-electron chi connectivity index (χ4n) is 5.28. The maximum absolute atomic E-state index is 13.7. The van der Waals surface area contributed by atoms with E-state index in [0.29, 0.717) is 35.9 Å². The minimum atomic E-state index is -0.917. The van der Waals surface area contributed by atoms with Crippen LogP contribution < -0.4 is 5.32 Å². The molecule has 1 N–H and O–H groups in total. The number of nitrogens with one attached hydrogen (secondary N) is 1. The number of rotatable bonds is 13. The van der Waals surface area contributed by atoms with Crippen molar-refractivity contribution in [3.05, 3.63) is 110 Å². The van der Waals surface area contributed by atoms with E-state index in [2.05, 4.69) is 10.2 Å². The van der Waals surface area contributed by atoms with Crippen molar-refractivity contribution in [1.82, 2.24) is 10.2 Å². The Balaban J connectivity index is 1.41. The summed E-state index contributed by atoms with van der Waals surface area (Å²) in [7, 11) is 0. The highest BCUT2D eigenvalue weighted by atomic mass is 35.5. The SMILES string of the molecule is O=C(OCCCc1ccccc1)C1=C(COCCN2CCCCC2)NC(c2ccco2)=NC1c1ccc(Cl)c([N+](=O)[O-])c1. The van der Waals surface area contributed by atoms with Gasteiger partial charge in [-0.15, -0.1) is 0 Å². The molecular formula is C32H35ClN4O6. The lowest BCUT2D eigenvalue weighted by molar-refractivity contribution is -0.384. The van der Waals surface area contributed by atoms with Gasteiger partial charge in [0.2, 0.25) is 0 Å². The molecule has 43 heavy (non-hydrogen) atoms. The summed E-state index contributed by atoms with van der Waals surface area (Å²) in [6.45, 7) is 3.67. The fourth-order valence-corrected chi connectivity index (χ4v) is 5.47. The fraction of sp³-hybridized carbons (Fsp3) is 0.375. The molecule has 0 aliphatic carbocycles. The van der Waals surface area contributed by atoms with Crippen molar-refractivity contribution in [3.63, 3.8) is 0 Å². The van der Waals surface area contributed by atoms with Crippen LogP contribution in [-0.2, 0) is 20.7 Å². The van der Waals surface area contributed by atoms with E-state index in [0.717, 1.165) is 31.6 Å². The van der Waals surface area contributed by atoms with E-state index >= 15 is 0 Å². The lowest BCUT2D eigenvalue weighted by Gasteiger charge is -2.28. The lowest BCUT2D eigenvalue weighted by atomic mass is 9.95. The van der Waals surface area contributed by atoms with Crippen LogP contribution in [0.1, 0.15) is 48.6 Å². The summed E-state index contributed by atoms with van der Waals surface area (Å²) in [5.74, 6) is 0.262. The number of carbonyl (C=O) groups excluding carboxylic acids is 1. The zero-order chi connectivity index (χ0) is 30.0. The van der Waals surface area contributed by atoms with Gasteiger partial charge in [-0.1, -0.05) is 54.4 Å². The van der Waals surface area contributed by atoms with E-state index in [4.69, 9.17) is 30.5 Å². The molecule has 2 aromatic carbocycles. The third kappa shape index (κ3) is 8.10. The Hall–Kier alpha value is -3.99. The quantitative estimate of drug-likeness (QED) is 0.111. The molecule has 0 radical (unpaired) electrons. The molecule has 1 fully saturated rings. The number of nitro groups is 1. The molecule has 0 bridgehead atoms. The predicted molar refractivity (Wildman–Crippen MR) is 163 cm³/mol. The van der Waals surface area contributed by atoms with Gasteiger partial charge in [-0.3, -0.25) is 15.1 Å². The van der Waals surface area contributed by atoms with Crippen molar-refractivity contribution >= 4 is 29.1 Å². The number of halogens is 1. The third-order valence-corrected chi connectivity index (χ3v) is 7.84. The number of furan rings is 1. The Morgan fingerprint density at radius 1 is 1.09 bits per heavy atom. The number of hydrogen-bond acceptors (Lipinski definition) is 9. The normalized spacial score (nSPS) is 17.3. The summed E-state index contributed by atoms with van der Waals surface area (Å²) in [5, 5.41) is 14.9. The van der Waals surface area contributed by atoms with Gasteiger partial charge in [-0.25, -0.2) is 4.79 Å². The van der Waals surface area contributed by atoms with E-state index in [1.807, 2.05) is 30.3 Å². The maximum Gasteiger partial charge on any atom is 0.338 e. The van der Waals surface area contributed by atoms with Crippen molar-refractivity contribution in [2.45, 2.75) is 38.1 Å². The number of likely N-dealkylation sites (tertiary alicyclic amines) is 1. The molecule has 10 nitrogen and oxygen atoms in total. The summed E-state index contributed by atoms with van der Waals surface area (Å²) < 4.78 is 17.4. The summed E-state index contributed by atoms with van der Waals surface area (Å²) >= 11 is 6.12. The van der Waals surface area contributed by atoms with E-state index in [-0.39, 0.29) is 29.5 Å². The van der Waals surface area contributed by atoms with Crippen LogP contribution in [0.15, 0.2) is 87.6 Å². The lowest BCUT2D eigenvalue weighted by Crippen LogP contribution is -2.36. The first kappa shape index (κ1) is 30.5. The number of esters is 1. The number of hydrogen-bond donors (Lipinski definition) is 1.